The van der Waals surface area contributed by atoms with Crippen molar-refractivity contribution in [2.45, 2.75) is 0 Å². The van der Waals surface area contributed by atoms with E-state index in [4.69, 9.17) is 17.1 Å². The molecular weight excluding hydrogens is 585 g/mol. The van der Waals surface area contributed by atoms with Crippen LogP contribution in [0.15, 0.2) is 179 Å². The van der Waals surface area contributed by atoms with Crippen molar-refractivity contribution in [1.29, 1.82) is 0 Å². The van der Waals surface area contributed by atoms with Crippen molar-refractivity contribution < 1.29 is 19.8 Å². The van der Waals surface area contributed by atoms with Crippen LogP contribution in [0.5, 0.6) is 0 Å². The van der Waals surface area contributed by atoms with E-state index in [-0.39, 0.29) is 45.7 Å². The summed E-state index contributed by atoms with van der Waals surface area (Å²) in [5, 5.41) is 3.48. The van der Waals surface area contributed by atoms with E-state index >= 15 is 0 Å². The van der Waals surface area contributed by atoms with Crippen LogP contribution >= 0.6 is 0 Å². The molecule has 0 radical (unpaired) electrons. The first-order valence-corrected chi connectivity index (χ1v) is 15.7. The molecule has 0 aliphatic carbocycles. The van der Waals surface area contributed by atoms with Crippen molar-refractivity contribution in [2.75, 3.05) is 0 Å². The number of hydrogen-bond acceptors (Lipinski definition) is 2. The van der Waals surface area contributed by atoms with Gasteiger partial charge in [0.05, 0.1) is 17.2 Å². The fourth-order valence-electron chi connectivity index (χ4n) is 7.05. The zero-order chi connectivity index (χ0) is 38.6. The van der Waals surface area contributed by atoms with Gasteiger partial charge in [0.25, 0.3) is 0 Å². The minimum atomic E-state index is -0.431. The first-order valence-electron chi connectivity index (χ1n) is 19.7. The summed E-state index contributed by atoms with van der Waals surface area (Å²) < 4.78 is 83.8. The molecule has 0 amide bonds. The SMILES string of the molecule is [2H]c1c([2H])c([2H])c2c(-c3ccc(-c4cccc5oc6cc7c(-c8ccccc8)coc7cc6c45)cc3)c3c([2H])c([2H])c([2H])c([2H])c3c(-c3ccccc3)c2c1[2H]. The molecule has 0 atom stereocenters. The van der Waals surface area contributed by atoms with Gasteiger partial charge in [0.15, 0.2) is 0 Å². The lowest BCUT2D eigenvalue weighted by Crippen LogP contribution is -1.90. The normalized spacial score (nSPS) is 14.1. The van der Waals surface area contributed by atoms with Crippen LogP contribution in [-0.4, -0.2) is 0 Å². The van der Waals surface area contributed by atoms with Gasteiger partial charge in [0.2, 0.25) is 0 Å². The summed E-state index contributed by atoms with van der Waals surface area (Å²) >= 11 is 0. The maximum atomic E-state index is 9.20. The average molecular weight is 621 g/mol. The second-order valence-corrected chi connectivity index (χ2v) is 11.8. The highest BCUT2D eigenvalue weighted by Gasteiger charge is 2.19. The molecule has 2 aromatic heterocycles. The van der Waals surface area contributed by atoms with E-state index in [2.05, 4.69) is 0 Å². The van der Waals surface area contributed by atoms with Crippen molar-refractivity contribution in [3.05, 3.63) is 170 Å². The van der Waals surface area contributed by atoms with Gasteiger partial charge < -0.3 is 8.83 Å². The molecule has 0 spiro atoms. The molecule has 224 valence electrons. The topological polar surface area (TPSA) is 26.3 Å². The second-order valence-electron chi connectivity index (χ2n) is 11.8. The molecule has 48 heavy (non-hydrogen) atoms. The minimum absolute atomic E-state index is 0.181. The molecule has 0 saturated carbocycles. The summed E-state index contributed by atoms with van der Waals surface area (Å²) in [4.78, 5) is 0. The highest BCUT2D eigenvalue weighted by Crippen LogP contribution is 2.45. The molecule has 8 aromatic carbocycles. The molecule has 0 aliphatic rings. The van der Waals surface area contributed by atoms with Crippen molar-refractivity contribution in [3.63, 3.8) is 0 Å². The number of rotatable bonds is 4. The second kappa shape index (κ2) is 10.6. The Kier molecular flexibility index (Phi) is 4.41. The predicted molar refractivity (Wildman–Crippen MR) is 200 cm³/mol. The molecule has 10 rings (SSSR count). The lowest BCUT2D eigenvalue weighted by Gasteiger charge is -2.18. The van der Waals surface area contributed by atoms with Gasteiger partial charge in [-0.05, 0) is 78.7 Å². The van der Waals surface area contributed by atoms with Crippen LogP contribution in [0.25, 0.3) is 99.0 Å². The standard InChI is InChI=1S/C46H28O2/c1-3-12-29(13-4-1)40-28-47-42-27-39-43(26-38(40)42)48-41-21-11-20-33(46(39)41)30-22-24-32(25-23-30)45-36-18-9-7-16-34(36)44(31-14-5-2-6-15-31)35-17-8-10-19-37(35)45/h1-28H/i7D,8D,9D,10D,16D,17D,18D,19D. The van der Waals surface area contributed by atoms with E-state index in [1.807, 2.05) is 91.0 Å². The Bertz CT molecular complexity index is 3180. The molecule has 0 fully saturated rings. The maximum Gasteiger partial charge on any atom is 0.136 e. The summed E-state index contributed by atoms with van der Waals surface area (Å²) in [6, 6.07) is 33.6. The van der Waals surface area contributed by atoms with Crippen molar-refractivity contribution in [2.24, 2.45) is 0 Å². The number of furan rings is 2. The Labute approximate surface area is 288 Å². The smallest absolute Gasteiger partial charge is 0.136 e. The van der Waals surface area contributed by atoms with Crippen molar-refractivity contribution in [3.8, 4) is 44.5 Å². The van der Waals surface area contributed by atoms with Gasteiger partial charge >= 0.3 is 0 Å². The Morgan fingerprint density at radius 1 is 0.396 bits per heavy atom. The zero-order valence-corrected chi connectivity index (χ0v) is 25.4. The van der Waals surface area contributed by atoms with Gasteiger partial charge in [0, 0.05) is 21.7 Å². The first-order chi connectivity index (χ1) is 27.1. The third-order valence-electron chi connectivity index (χ3n) is 9.20. The molecule has 0 bridgehead atoms. The number of fused-ring (bicyclic) bond motifs is 6. The van der Waals surface area contributed by atoms with Crippen LogP contribution in [0, 0.1) is 0 Å². The van der Waals surface area contributed by atoms with Gasteiger partial charge in [-0.1, -0.05) is 145 Å². The molecule has 0 unspecified atom stereocenters. The monoisotopic (exact) mass is 620 g/mol. The molecule has 10 aromatic rings. The van der Waals surface area contributed by atoms with Crippen LogP contribution in [0.2, 0.25) is 0 Å². The summed E-state index contributed by atoms with van der Waals surface area (Å²) in [5.74, 6) is 0. The van der Waals surface area contributed by atoms with Gasteiger partial charge in [-0.2, -0.15) is 0 Å². The van der Waals surface area contributed by atoms with Crippen LogP contribution in [0.1, 0.15) is 11.0 Å². The van der Waals surface area contributed by atoms with Crippen LogP contribution in [0.3, 0.4) is 0 Å². The van der Waals surface area contributed by atoms with Crippen LogP contribution in [-0.2, 0) is 0 Å². The van der Waals surface area contributed by atoms with Crippen LogP contribution < -0.4 is 0 Å². The van der Waals surface area contributed by atoms with Crippen molar-refractivity contribution in [1.82, 2.24) is 0 Å². The molecular formula is C46H28O2. The highest BCUT2D eigenvalue weighted by molar-refractivity contribution is 6.21. The van der Waals surface area contributed by atoms with E-state index in [1.54, 1.807) is 30.5 Å². The predicted octanol–water partition coefficient (Wildman–Crippen LogP) is 13.3. The quantitative estimate of drug-likeness (QED) is 0.183. The van der Waals surface area contributed by atoms with E-state index in [1.165, 1.54) is 0 Å². The zero-order valence-electron chi connectivity index (χ0n) is 33.4. The number of hydrogen-bond donors (Lipinski definition) is 0. The van der Waals surface area contributed by atoms with E-state index in [0.717, 1.165) is 49.6 Å². The Morgan fingerprint density at radius 3 is 1.54 bits per heavy atom. The van der Waals surface area contributed by atoms with Gasteiger partial charge in [0.1, 0.15) is 16.7 Å². The fourth-order valence-corrected chi connectivity index (χ4v) is 7.05. The highest BCUT2D eigenvalue weighted by atomic mass is 16.3. The molecule has 2 heteroatoms. The Balaban J connectivity index is 1.23. The van der Waals surface area contributed by atoms with E-state index in [0.29, 0.717) is 27.8 Å². The first kappa shape index (κ1) is 20.0. The summed E-state index contributed by atoms with van der Waals surface area (Å²) in [7, 11) is 0. The molecule has 0 aliphatic heterocycles. The summed E-state index contributed by atoms with van der Waals surface area (Å²) in [5.41, 5.74) is 7.68. The fraction of sp³-hybridized carbons (Fsp3) is 0. The largest absolute Gasteiger partial charge is 0.464 e. The number of benzene rings is 8. The third kappa shape index (κ3) is 4.06. The summed E-state index contributed by atoms with van der Waals surface area (Å²) in [6.45, 7) is 0. The van der Waals surface area contributed by atoms with E-state index in [9.17, 15) is 2.74 Å². The van der Waals surface area contributed by atoms with Gasteiger partial charge in [-0.25, -0.2) is 0 Å². The minimum Gasteiger partial charge on any atom is -0.464 e. The van der Waals surface area contributed by atoms with E-state index < -0.39 is 24.2 Å². The molecule has 2 heterocycles. The molecule has 0 N–H and O–H groups in total. The Morgan fingerprint density at radius 2 is 0.917 bits per heavy atom. The van der Waals surface area contributed by atoms with Crippen LogP contribution in [0.4, 0.5) is 0 Å². The molecule has 0 saturated heterocycles. The average Bonchev–Trinajstić information content (AvgIpc) is 3.82. The lowest BCUT2D eigenvalue weighted by atomic mass is 9.85. The van der Waals surface area contributed by atoms with Crippen molar-refractivity contribution >= 4 is 54.5 Å². The Hall–Kier alpha value is -6.38. The maximum absolute atomic E-state index is 9.20. The molecule has 2 nitrogen and oxygen atoms in total. The lowest BCUT2D eigenvalue weighted by molar-refractivity contribution is 0.617. The summed E-state index contributed by atoms with van der Waals surface area (Å²) in [6.07, 6.45) is 1.77. The van der Waals surface area contributed by atoms with Gasteiger partial charge in [-0.3, -0.25) is 0 Å². The van der Waals surface area contributed by atoms with Gasteiger partial charge in [-0.15, -0.1) is 0 Å². The third-order valence-corrected chi connectivity index (χ3v) is 9.20.